The van der Waals surface area contributed by atoms with Crippen molar-refractivity contribution < 1.29 is 14.3 Å². The standard InChI is InChI=1S/C31H38N6O3/c1-23(38)32-15-19-37(31-29-10-14-33-30(29)34-22-35-31)26-5-3-4-25(20-26)21-40-28-12-17-36(18-13-28)16-11-24-6-8-27(39-2)9-7-24/h3-10,14,20,22,28H,11-13,15-19,21H2,1-2H3,(H,32,38)(H,33,34,35). The van der Waals surface area contributed by atoms with Crippen molar-refractivity contribution in [1.29, 1.82) is 0 Å². The van der Waals surface area contributed by atoms with Crippen LogP contribution in [0.5, 0.6) is 5.75 Å². The molecule has 0 saturated carbocycles. The van der Waals surface area contributed by atoms with E-state index in [-0.39, 0.29) is 12.0 Å². The third-order valence-electron chi connectivity index (χ3n) is 7.42. The van der Waals surface area contributed by atoms with E-state index in [9.17, 15) is 4.79 Å². The Morgan fingerprint density at radius 1 is 1.10 bits per heavy atom. The summed E-state index contributed by atoms with van der Waals surface area (Å²) in [4.78, 5) is 28.3. The van der Waals surface area contributed by atoms with E-state index in [1.807, 2.05) is 24.4 Å². The molecule has 210 valence electrons. The van der Waals surface area contributed by atoms with Gasteiger partial charge in [0.05, 0.1) is 25.2 Å². The van der Waals surface area contributed by atoms with Crippen molar-refractivity contribution in [2.75, 3.05) is 44.7 Å². The van der Waals surface area contributed by atoms with E-state index in [0.29, 0.717) is 19.7 Å². The van der Waals surface area contributed by atoms with Gasteiger partial charge in [-0.25, -0.2) is 9.97 Å². The Kier molecular flexibility index (Phi) is 9.26. The zero-order valence-electron chi connectivity index (χ0n) is 23.3. The normalized spacial score (nSPS) is 14.3. The van der Waals surface area contributed by atoms with Crippen LogP contribution in [0.2, 0.25) is 0 Å². The fraction of sp³-hybridized carbons (Fsp3) is 0.387. The van der Waals surface area contributed by atoms with Gasteiger partial charge in [-0.1, -0.05) is 24.3 Å². The molecule has 9 nitrogen and oxygen atoms in total. The van der Waals surface area contributed by atoms with Crippen LogP contribution in [-0.2, 0) is 22.6 Å². The molecule has 9 heteroatoms. The molecule has 4 aromatic rings. The number of fused-ring (bicyclic) bond motifs is 1. The average molecular weight is 543 g/mol. The molecule has 0 radical (unpaired) electrons. The van der Waals surface area contributed by atoms with Crippen LogP contribution in [0.4, 0.5) is 11.5 Å². The number of hydrogen-bond acceptors (Lipinski definition) is 7. The number of aromatic nitrogens is 3. The summed E-state index contributed by atoms with van der Waals surface area (Å²) in [6, 6.07) is 18.7. The highest BCUT2D eigenvalue weighted by Gasteiger charge is 2.20. The number of anilines is 2. The number of piperidine rings is 1. The van der Waals surface area contributed by atoms with Crippen LogP contribution in [0.25, 0.3) is 11.0 Å². The summed E-state index contributed by atoms with van der Waals surface area (Å²) < 4.78 is 11.6. The molecule has 0 aliphatic carbocycles. The lowest BCUT2D eigenvalue weighted by Gasteiger charge is -2.32. The zero-order chi connectivity index (χ0) is 27.7. The fourth-order valence-electron chi connectivity index (χ4n) is 5.18. The predicted octanol–water partition coefficient (Wildman–Crippen LogP) is 4.46. The van der Waals surface area contributed by atoms with E-state index in [0.717, 1.165) is 72.7 Å². The lowest BCUT2D eigenvalue weighted by atomic mass is 10.1. The molecule has 1 saturated heterocycles. The summed E-state index contributed by atoms with van der Waals surface area (Å²) in [6.45, 7) is 6.35. The largest absolute Gasteiger partial charge is 0.497 e. The van der Waals surface area contributed by atoms with Crippen LogP contribution in [-0.4, -0.2) is 71.7 Å². The van der Waals surface area contributed by atoms with Gasteiger partial charge >= 0.3 is 0 Å². The van der Waals surface area contributed by atoms with Crippen molar-refractivity contribution in [1.82, 2.24) is 25.2 Å². The molecule has 1 aliphatic rings. The number of nitrogens with one attached hydrogen (secondary N) is 2. The Morgan fingerprint density at radius 2 is 1.93 bits per heavy atom. The quantitative estimate of drug-likeness (QED) is 0.273. The number of methoxy groups -OCH3 is 1. The lowest BCUT2D eigenvalue weighted by Crippen LogP contribution is -2.38. The molecule has 0 bridgehead atoms. The van der Waals surface area contributed by atoms with Crippen molar-refractivity contribution in [3.05, 3.63) is 78.2 Å². The minimum atomic E-state index is -0.0524. The molecule has 40 heavy (non-hydrogen) atoms. The minimum Gasteiger partial charge on any atom is -0.497 e. The third kappa shape index (κ3) is 7.16. The molecular weight excluding hydrogens is 504 g/mol. The highest BCUT2D eigenvalue weighted by molar-refractivity contribution is 5.89. The summed E-state index contributed by atoms with van der Waals surface area (Å²) in [6.07, 6.45) is 6.81. The Labute approximate surface area is 235 Å². The first-order valence-corrected chi connectivity index (χ1v) is 13.9. The number of H-pyrrole nitrogens is 1. The number of aromatic amines is 1. The van der Waals surface area contributed by atoms with E-state index in [1.54, 1.807) is 13.4 Å². The van der Waals surface area contributed by atoms with E-state index >= 15 is 0 Å². The van der Waals surface area contributed by atoms with Gasteiger partial charge in [-0.15, -0.1) is 0 Å². The van der Waals surface area contributed by atoms with E-state index in [4.69, 9.17) is 9.47 Å². The number of carbonyl (C=O) groups is 1. The maximum absolute atomic E-state index is 11.5. The van der Waals surface area contributed by atoms with Crippen molar-refractivity contribution in [2.24, 2.45) is 0 Å². The number of hydrogen-bond donors (Lipinski definition) is 2. The lowest BCUT2D eigenvalue weighted by molar-refractivity contribution is -0.118. The maximum Gasteiger partial charge on any atom is 0.216 e. The first-order valence-electron chi connectivity index (χ1n) is 13.9. The van der Waals surface area contributed by atoms with Crippen molar-refractivity contribution in [2.45, 2.75) is 38.9 Å². The first kappa shape index (κ1) is 27.6. The summed E-state index contributed by atoms with van der Waals surface area (Å²) in [5.74, 6) is 1.65. The van der Waals surface area contributed by atoms with Crippen LogP contribution >= 0.6 is 0 Å². The molecular formula is C31H38N6O3. The summed E-state index contributed by atoms with van der Waals surface area (Å²) in [7, 11) is 1.70. The first-order chi connectivity index (χ1) is 19.6. The van der Waals surface area contributed by atoms with Gasteiger partial charge in [-0.05, 0) is 60.7 Å². The van der Waals surface area contributed by atoms with Crippen LogP contribution in [0.3, 0.4) is 0 Å². The van der Waals surface area contributed by atoms with Crippen LogP contribution in [0.15, 0.2) is 67.1 Å². The SMILES string of the molecule is COc1ccc(CCN2CCC(OCc3cccc(N(CCNC(C)=O)c4ncnc5[nH]ccc45)c3)CC2)cc1. The highest BCUT2D eigenvalue weighted by Crippen LogP contribution is 2.30. The molecule has 5 rings (SSSR count). The van der Waals surface area contributed by atoms with Crippen LogP contribution in [0.1, 0.15) is 30.9 Å². The molecule has 1 aliphatic heterocycles. The predicted molar refractivity (Wildman–Crippen MR) is 157 cm³/mol. The molecule has 2 N–H and O–H groups in total. The zero-order valence-corrected chi connectivity index (χ0v) is 23.3. The summed E-state index contributed by atoms with van der Waals surface area (Å²) >= 11 is 0. The number of ether oxygens (including phenoxy) is 2. The molecule has 1 amide bonds. The molecule has 3 heterocycles. The van der Waals surface area contributed by atoms with Gasteiger partial charge in [0.2, 0.25) is 5.91 Å². The second kappa shape index (κ2) is 13.4. The third-order valence-corrected chi connectivity index (χ3v) is 7.42. The fourth-order valence-corrected chi connectivity index (χ4v) is 5.18. The Morgan fingerprint density at radius 3 is 2.70 bits per heavy atom. The maximum atomic E-state index is 11.5. The van der Waals surface area contributed by atoms with Crippen LogP contribution in [0, 0.1) is 0 Å². The summed E-state index contributed by atoms with van der Waals surface area (Å²) in [5, 5.41) is 3.84. The van der Waals surface area contributed by atoms with Gasteiger partial charge in [0.25, 0.3) is 0 Å². The highest BCUT2D eigenvalue weighted by atomic mass is 16.5. The Balaban J connectivity index is 1.17. The number of amides is 1. The minimum absolute atomic E-state index is 0.0524. The Hall–Kier alpha value is -3.95. The number of benzene rings is 2. The molecule has 0 unspecified atom stereocenters. The number of carbonyl (C=O) groups excluding carboxylic acids is 1. The van der Waals surface area contributed by atoms with Gasteiger partial charge in [-0.3, -0.25) is 4.79 Å². The van der Waals surface area contributed by atoms with Crippen molar-refractivity contribution >= 4 is 28.4 Å². The summed E-state index contributed by atoms with van der Waals surface area (Å²) in [5.41, 5.74) is 4.23. The second-order valence-corrected chi connectivity index (χ2v) is 10.2. The monoisotopic (exact) mass is 542 g/mol. The molecule has 2 aromatic carbocycles. The van der Waals surface area contributed by atoms with Gasteiger partial charge in [0, 0.05) is 51.5 Å². The second-order valence-electron chi connectivity index (χ2n) is 10.2. The topological polar surface area (TPSA) is 95.6 Å². The van der Waals surface area contributed by atoms with Gasteiger partial charge in [-0.2, -0.15) is 0 Å². The smallest absolute Gasteiger partial charge is 0.216 e. The molecule has 0 atom stereocenters. The van der Waals surface area contributed by atoms with Gasteiger partial charge < -0.3 is 29.6 Å². The number of nitrogens with zero attached hydrogens (tertiary/aromatic N) is 4. The number of likely N-dealkylation sites (tertiary alicyclic amines) is 1. The number of rotatable bonds is 12. The average Bonchev–Trinajstić information content (AvgIpc) is 3.48. The van der Waals surface area contributed by atoms with Crippen molar-refractivity contribution in [3.63, 3.8) is 0 Å². The van der Waals surface area contributed by atoms with E-state index in [1.165, 1.54) is 12.5 Å². The van der Waals surface area contributed by atoms with E-state index < -0.39 is 0 Å². The van der Waals surface area contributed by atoms with Gasteiger partial charge in [0.15, 0.2) is 0 Å². The van der Waals surface area contributed by atoms with Crippen molar-refractivity contribution in [3.8, 4) is 5.75 Å². The Bertz CT molecular complexity index is 1380. The molecule has 1 fully saturated rings. The van der Waals surface area contributed by atoms with E-state index in [2.05, 4.69) is 66.5 Å². The molecule has 0 spiro atoms. The molecule has 2 aromatic heterocycles. The van der Waals surface area contributed by atoms with Gasteiger partial charge in [0.1, 0.15) is 23.5 Å². The van der Waals surface area contributed by atoms with Crippen LogP contribution < -0.4 is 15.0 Å².